The number of anilines is 1. The first kappa shape index (κ1) is 21.4. The average Bonchev–Trinajstić information content (AvgIpc) is 2.80. The Balaban J connectivity index is 1.38. The SMILES string of the molecule is C/C(=N\NC(=O)CN1CCCc2ccccc21)c1ccc(O)c(CN2CCCCC2)c1. The highest BCUT2D eigenvalue weighted by Gasteiger charge is 2.18. The molecule has 0 saturated carbocycles. The van der Waals surface area contributed by atoms with Gasteiger partial charge in [0.2, 0.25) is 0 Å². The summed E-state index contributed by atoms with van der Waals surface area (Å²) in [5.41, 5.74) is 7.70. The fourth-order valence-electron chi connectivity index (χ4n) is 4.49. The number of phenols is 1. The van der Waals surface area contributed by atoms with Gasteiger partial charge < -0.3 is 10.0 Å². The molecular formula is C25H32N4O2. The third kappa shape index (κ3) is 5.44. The van der Waals surface area contributed by atoms with Crippen molar-refractivity contribution in [1.82, 2.24) is 10.3 Å². The Morgan fingerprint density at radius 1 is 1.06 bits per heavy atom. The van der Waals surface area contributed by atoms with Crippen molar-refractivity contribution in [1.29, 1.82) is 0 Å². The number of fused-ring (bicyclic) bond motifs is 1. The lowest BCUT2D eigenvalue weighted by molar-refractivity contribution is -0.119. The summed E-state index contributed by atoms with van der Waals surface area (Å²) in [4.78, 5) is 17.0. The van der Waals surface area contributed by atoms with Gasteiger partial charge in [-0.05, 0) is 81.1 Å². The number of hydrogen-bond donors (Lipinski definition) is 2. The molecule has 2 aliphatic rings. The molecule has 0 atom stereocenters. The van der Waals surface area contributed by atoms with E-state index in [9.17, 15) is 9.90 Å². The second-order valence-corrected chi connectivity index (χ2v) is 8.57. The number of aryl methyl sites for hydroxylation is 1. The quantitative estimate of drug-likeness (QED) is 0.553. The largest absolute Gasteiger partial charge is 0.508 e. The number of carbonyl (C=O) groups excluding carboxylic acids is 1. The van der Waals surface area contributed by atoms with Crippen molar-refractivity contribution in [3.8, 4) is 5.75 Å². The lowest BCUT2D eigenvalue weighted by atomic mass is 10.0. The maximum absolute atomic E-state index is 12.5. The topological polar surface area (TPSA) is 68.2 Å². The van der Waals surface area contributed by atoms with Gasteiger partial charge in [0.25, 0.3) is 5.91 Å². The van der Waals surface area contributed by atoms with Gasteiger partial charge in [-0.3, -0.25) is 9.69 Å². The standard InChI is InChI=1S/C25H32N4O2/c1-19(21-11-12-24(30)22(16-21)17-28-13-5-2-6-14-28)26-27-25(31)18-29-15-7-9-20-8-3-4-10-23(20)29/h3-4,8,10-12,16,30H,2,5-7,9,13-15,17-18H2,1H3,(H,27,31)/b26-19+. The molecule has 2 aliphatic heterocycles. The molecule has 164 valence electrons. The first-order chi connectivity index (χ1) is 15.1. The molecule has 2 aromatic rings. The zero-order chi connectivity index (χ0) is 21.6. The summed E-state index contributed by atoms with van der Waals surface area (Å²) >= 11 is 0. The van der Waals surface area contributed by atoms with E-state index in [1.165, 1.54) is 24.8 Å². The fraction of sp³-hybridized carbons (Fsp3) is 0.440. The molecule has 1 fully saturated rings. The van der Waals surface area contributed by atoms with Crippen LogP contribution in [0.1, 0.15) is 49.3 Å². The normalized spacial score (nSPS) is 17.3. The lowest BCUT2D eigenvalue weighted by Gasteiger charge is -2.30. The summed E-state index contributed by atoms with van der Waals surface area (Å²) in [6.07, 6.45) is 5.84. The molecule has 6 heteroatoms. The number of aromatic hydroxyl groups is 1. The molecule has 2 N–H and O–H groups in total. The molecule has 0 unspecified atom stereocenters. The summed E-state index contributed by atoms with van der Waals surface area (Å²) in [5, 5.41) is 14.6. The van der Waals surface area contributed by atoms with Crippen molar-refractivity contribution in [2.75, 3.05) is 31.1 Å². The molecule has 0 aromatic heterocycles. The Hall–Kier alpha value is -2.86. The molecular weight excluding hydrogens is 388 g/mol. The summed E-state index contributed by atoms with van der Waals surface area (Å²) in [7, 11) is 0. The number of nitrogens with one attached hydrogen (secondary N) is 1. The Bertz CT molecular complexity index is 950. The Morgan fingerprint density at radius 2 is 1.87 bits per heavy atom. The maximum atomic E-state index is 12.5. The molecule has 1 amide bonds. The monoisotopic (exact) mass is 420 g/mol. The maximum Gasteiger partial charge on any atom is 0.259 e. The Kier molecular flexibility index (Phi) is 6.87. The number of piperidine rings is 1. The van der Waals surface area contributed by atoms with E-state index in [2.05, 4.69) is 32.5 Å². The van der Waals surface area contributed by atoms with Crippen LogP contribution in [0.4, 0.5) is 5.69 Å². The van der Waals surface area contributed by atoms with Gasteiger partial charge in [0.05, 0.1) is 12.3 Å². The zero-order valence-corrected chi connectivity index (χ0v) is 18.3. The van der Waals surface area contributed by atoms with Gasteiger partial charge in [-0.25, -0.2) is 5.43 Å². The average molecular weight is 421 g/mol. The number of likely N-dealkylation sites (tertiary alicyclic amines) is 1. The van der Waals surface area contributed by atoms with Crippen molar-refractivity contribution in [3.63, 3.8) is 0 Å². The highest BCUT2D eigenvalue weighted by Crippen LogP contribution is 2.26. The summed E-state index contributed by atoms with van der Waals surface area (Å²) in [6, 6.07) is 13.8. The van der Waals surface area contributed by atoms with E-state index >= 15 is 0 Å². The third-order valence-corrected chi connectivity index (χ3v) is 6.23. The van der Waals surface area contributed by atoms with E-state index in [0.29, 0.717) is 12.3 Å². The van der Waals surface area contributed by atoms with Gasteiger partial charge in [0, 0.05) is 24.3 Å². The first-order valence-corrected chi connectivity index (χ1v) is 11.3. The minimum absolute atomic E-state index is 0.122. The summed E-state index contributed by atoms with van der Waals surface area (Å²) < 4.78 is 0. The van der Waals surface area contributed by atoms with E-state index in [0.717, 1.165) is 61.5 Å². The predicted molar refractivity (Wildman–Crippen MR) is 125 cm³/mol. The van der Waals surface area contributed by atoms with E-state index in [-0.39, 0.29) is 5.91 Å². The summed E-state index contributed by atoms with van der Waals surface area (Å²) in [5.74, 6) is 0.193. The van der Waals surface area contributed by atoms with Gasteiger partial charge in [0.1, 0.15) is 5.75 Å². The number of hydrazone groups is 1. The van der Waals surface area contributed by atoms with E-state index in [1.54, 1.807) is 6.07 Å². The zero-order valence-electron chi connectivity index (χ0n) is 18.3. The van der Waals surface area contributed by atoms with Crippen LogP contribution in [0.3, 0.4) is 0 Å². The van der Waals surface area contributed by atoms with Crippen LogP contribution in [-0.4, -0.2) is 47.8 Å². The molecule has 0 aliphatic carbocycles. The molecule has 2 aromatic carbocycles. The molecule has 0 bridgehead atoms. The van der Waals surface area contributed by atoms with Crippen molar-refractivity contribution in [3.05, 3.63) is 59.2 Å². The molecule has 1 saturated heterocycles. The van der Waals surface area contributed by atoms with Crippen LogP contribution in [0.25, 0.3) is 0 Å². The molecule has 31 heavy (non-hydrogen) atoms. The van der Waals surface area contributed by atoms with Crippen molar-refractivity contribution in [2.24, 2.45) is 5.10 Å². The smallest absolute Gasteiger partial charge is 0.259 e. The van der Waals surface area contributed by atoms with Crippen molar-refractivity contribution >= 4 is 17.3 Å². The van der Waals surface area contributed by atoms with Crippen LogP contribution in [0, 0.1) is 0 Å². The fourth-order valence-corrected chi connectivity index (χ4v) is 4.49. The molecule has 6 nitrogen and oxygen atoms in total. The van der Waals surface area contributed by atoms with Crippen LogP contribution >= 0.6 is 0 Å². The number of rotatable bonds is 6. The van der Waals surface area contributed by atoms with Gasteiger partial charge >= 0.3 is 0 Å². The predicted octanol–water partition coefficient (Wildman–Crippen LogP) is 3.67. The van der Waals surface area contributed by atoms with Gasteiger partial charge in [-0.2, -0.15) is 5.10 Å². The minimum atomic E-state index is -0.122. The number of benzene rings is 2. The van der Waals surface area contributed by atoms with Crippen LogP contribution in [0.2, 0.25) is 0 Å². The molecule has 2 heterocycles. The minimum Gasteiger partial charge on any atom is -0.508 e. The Labute approximate surface area is 184 Å². The summed E-state index contributed by atoms with van der Waals surface area (Å²) in [6.45, 7) is 5.95. The van der Waals surface area contributed by atoms with Crippen LogP contribution in [0.15, 0.2) is 47.6 Å². The number of nitrogens with zero attached hydrogens (tertiary/aromatic N) is 3. The van der Waals surface area contributed by atoms with Crippen LogP contribution < -0.4 is 10.3 Å². The highest BCUT2D eigenvalue weighted by molar-refractivity contribution is 5.99. The number of para-hydroxylation sites is 1. The third-order valence-electron chi connectivity index (χ3n) is 6.23. The Morgan fingerprint density at radius 3 is 2.71 bits per heavy atom. The number of amides is 1. The number of hydrogen-bond acceptors (Lipinski definition) is 5. The van der Waals surface area contributed by atoms with Crippen molar-refractivity contribution < 1.29 is 9.90 Å². The number of carbonyl (C=O) groups is 1. The van der Waals surface area contributed by atoms with Crippen molar-refractivity contribution in [2.45, 2.75) is 45.6 Å². The first-order valence-electron chi connectivity index (χ1n) is 11.3. The van der Waals surface area contributed by atoms with Crippen LogP contribution in [-0.2, 0) is 17.8 Å². The van der Waals surface area contributed by atoms with Gasteiger partial charge in [0.15, 0.2) is 0 Å². The van der Waals surface area contributed by atoms with Gasteiger partial charge in [-0.15, -0.1) is 0 Å². The second-order valence-electron chi connectivity index (χ2n) is 8.57. The highest BCUT2D eigenvalue weighted by atomic mass is 16.3. The van der Waals surface area contributed by atoms with E-state index in [4.69, 9.17) is 0 Å². The van der Waals surface area contributed by atoms with Gasteiger partial charge in [-0.1, -0.05) is 24.6 Å². The van der Waals surface area contributed by atoms with E-state index < -0.39 is 0 Å². The molecule has 4 rings (SSSR count). The molecule has 0 spiro atoms. The van der Waals surface area contributed by atoms with Crippen LogP contribution in [0.5, 0.6) is 5.75 Å². The molecule has 0 radical (unpaired) electrons. The number of phenolic OH excluding ortho intramolecular Hbond substituents is 1. The second kappa shape index (κ2) is 9.96. The van der Waals surface area contributed by atoms with E-state index in [1.807, 2.05) is 31.2 Å². The lowest BCUT2D eigenvalue weighted by Crippen LogP contribution is -2.38.